The normalized spacial score (nSPS) is 13.4. The van der Waals surface area contributed by atoms with Crippen LogP contribution in [0.15, 0.2) is 41.3 Å². The molecule has 0 unspecified atom stereocenters. The fraction of sp³-hybridized carbons (Fsp3) is 0.400. The number of nitrogens with one attached hydrogen (secondary N) is 1. The fourth-order valence-corrected chi connectivity index (χ4v) is 3.46. The maximum absolute atomic E-state index is 12.4. The van der Waals surface area contributed by atoms with Crippen LogP contribution in [0.25, 0.3) is 11.0 Å². The number of piperidine rings is 1. The number of halogens is 1. The van der Waals surface area contributed by atoms with E-state index < -0.39 is 4.92 Å². The Morgan fingerprint density at radius 3 is 2.35 bits per heavy atom. The van der Waals surface area contributed by atoms with Crippen LogP contribution >= 0.6 is 9.42 Å². The van der Waals surface area contributed by atoms with Gasteiger partial charge >= 0.3 is 33.9 Å². The van der Waals surface area contributed by atoms with Gasteiger partial charge in [-0.25, -0.2) is 4.63 Å². The number of nitro groups is 1. The summed E-state index contributed by atoms with van der Waals surface area (Å²) in [4.78, 5) is 29.1. The summed E-state index contributed by atoms with van der Waals surface area (Å²) in [5.41, 5.74) is 11.9. The first kappa shape index (κ1) is 27.6. The summed E-state index contributed by atoms with van der Waals surface area (Å²) < 4.78 is 4.72. The van der Waals surface area contributed by atoms with E-state index in [1.807, 2.05) is 12.1 Å². The zero-order valence-corrected chi connectivity index (χ0v) is 21.2. The monoisotopic (exact) mass is 672 g/mol. The molecular weight excluding hydrogens is 647 g/mol. The second-order valence-electron chi connectivity index (χ2n) is 7.23. The Labute approximate surface area is 211 Å². The van der Waals surface area contributed by atoms with Crippen LogP contribution in [-0.4, -0.2) is 52.3 Å². The summed E-state index contributed by atoms with van der Waals surface area (Å²) in [5.74, 6) is -0.0320. The van der Waals surface area contributed by atoms with Gasteiger partial charge in [-0.1, -0.05) is 0 Å². The van der Waals surface area contributed by atoms with E-state index in [1.54, 1.807) is 37.2 Å². The number of amides is 1. The Kier molecular flexibility index (Phi) is 11.8. The van der Waals surface area contributed by atoms with Gasteiger partial charge in [-0.05, 0) is 46.9 Å². The second-order valence-corrected chi connectivity index (χ2v) is 7.23. The number of anilines is 1. The van der Waals surface area contributed by atoms with Crippen LogP contribution in [-0.2, 0) is 30.1 Å². The average molecular weight is 673 g/mol. The molecule has 34 heavy (non-hydrogen) atoms. The summed E-state index contributed by atoms with van der Waals surface area (Å²) >= 11 is 1.61. The van der Waals surface area contributed by atoms with Crippen molar-refractivity contribution in [2.75, 3.05) is 31.1 Å². The van der Waals surface area contributed by atoms with Crippen LogP contribution in [0.5, 0.6) is 0 Å². The molecule has 4 rings (SSSR count). The molecule has 1 aromatic carbocycles. The number of hydrogen-bond donors (Lipinski definition) is 3. The molecule has 5 N–H and O–H groups in total. The Hall–Kier alpha value is -2.66. The number of non-ortho nitro benzene ring substituents is 1. The van der Waals surface area contributed by atoms with Crippen LogP contribution in [0.4, 0.5) is 11.4 Å². The number of pyridine rings is 1. The SMILES string of the molecule is NCCN.O=C(NCc1ccncc1)C1CCN(c2ccc([N+](=O)[O-])c3nonc23)CC1.[Cl][Pt]. The number of carbonyl (C=O) groups is 1. The molecule has 0 aliphatic carbocycles. The number of fused-ring (bicyclic) bond motifs is 1. The molecule has 1 aliphatic heterocycles. The number of rotatable bonds is 6. The van der Waals surface area contributed by atoms with E-state index in [4.69, 9.17) is 16.1 Å². The minimum atomic E-state index is -0.504. The molecule has 14 heteroatoms. The van der Waals surface area contributed by atoms with Crippen molar-refractivity contribution in [2.45, 2.75) is 19.4 Å². The summed E-state index contributed by atoms with van der Waals surface area (Å²) in [5, 5.41) is 21.6. The predicted molar refractivity (Wildman–Crippen MR) is 123 cm³/mol. The number of aromatic nitrogens is 3. The van der Waals surface area contributed by atoms with Crippen molar-refractivity contribution in [3.05, 3.63) is 52.3 Å². The van der Waals surface area contributed by atoms with Crippen molar-refractivity contribution in [3.63, 3.8) is 0 Å². The number of benzene rings is 1. The first-order chi connectivity index (χ1) is 16.5. The second kappa shape index (κ2) is 14.6. The first-order valence-electron chi connectivity index (χ1n) is 10.4. The molecule has 12 nitrogen and oxygen atoms in total. The molecule has 0 radical (unpaired) electrons. The molecule has 3 heterocycles. The molecule has 1 amide bonds. The van der Waals surface area contributed by atoms with E-state index >= 15 is 0 Å². The van der Waals surface area contributed by atoms with Crippen LogP contribution in [0.2, 0.25) is 0 Å². The standard InChI is InChI=1S/C18H18N6O4.C2H8N2.ClH.Pt/c25-18(20-11-12-3-7-19-8-4-12)13-5-9-23(10-6-13)14-1-2-15(24(26)27)17-16(14)21-28-22-17;3-1-2-4;;/h1-4,7-8,13H,5-6,9-11H2,(H,20,25);1-4H2;1H;/q;;;+1/p-1. The number of carbonyl (C=O) groups excluding carboxylic acids is 1. The van der Waals surface area contributed by atoms with E-state index in [2.05, 4.69) is 34.9 Å². The van der Waals surface area contributed by atoms with Gasteiger partial charge in [0.05, 0.1) is 10.6 Å². The average Bonchev–Trinajstić information content (AvgIpc) is 3.39. The Morgan fingerprint density at radius 2 is 1.76 bits per heavy atom. The van der Waals surface area contributed by atoms with Gasteiger partial charge in [0, 0.05) is 57.1 Å². The summed E-state index contributed by atoms with van der Waals surface area (Å²) in [6.07, 6.45) is 4.77. The molecule has 1 saturated heterocycles. The minimum absolute atomic E-state index is 0.0356. The third-order valence-corrected chi connectivity index (χ3v) is 5.16. The third-order valence-electron chi connectivity index (χ3n) is 5.16. The van der Waals surface area contributed by atoms with Crippen molar-refractivity contribution in [1.82, 2.24) is 20.6 Å². The quantitative estimate of drug-likeness (QED) is 0.258. The molecule has 0 saturated carbocycles. The first-order valence-corrected chi connectivity index (χ1v) is 13.2. The number of nitrogens with two attached hydrogens (primary N) is 2. The van der Waals surface area contributed by atoms with Crippen molar-refractivity contribution in [1.29, 1.82) is 0 Å². The number of nitrogens with zero attached hydrogens (tertiary/aromatic N) is 5. The molecule has 2 aromatic heterocycles. The van der Waals surface area contributed by atoms with E-state index in [-0.39, 0.29) is 23.0 Å². The van der Waals surface area contributed by atoms with Crippen molar-refractivity contribution >= 4 is 37.7 Å². The van der Waals surface area contributed by atoms with Crippen LogP contribution in [0.1, 0.15) is 18.4 Å². The molecule has 1 aliphatic rings. The van der Waals surface area contributed by atoms with Gasteiger partial charge in [-0.15, -0.1) is 0 Å². The predicted octanol–water partition coefficient (Wildman–Crippen LogP) is 1.65. The van der Waals surface area contributed by atoms with Gasteiger partial charge in [-0.2, -0.15) is 0 Å². The Morgan fingerprint density at radius 1 is 1.15 bits per heavy atom. The Balaban J connectivity index is 0.000000618. The van der Waals surface area contributed by atoms with Crippen LogP contribution in [0, 0.1) is 16.0 Å². The van der Waals surface area contributed by atoms with Gasteiger partial charge in [0.2, 0.25) is 11.4 Å². The van der Waals surface area contributed by atoms with Crippen molar-refractivity contribution in [2.24, 2.45) is 17.4 Å². The van der Waals surface area contributed by atoms with Gasteiger partial charge in [0.1, 0.15) is 0 Å². The van der Waals surface area contributed by atoms with Crippen molar-refractivity contribution in [3.8, 4) is 0 Å². The molecule has 0 spiro atoms. The molecule has 187 valence electrons. The van der Waals surface area contributed by atoms with Gasteiger partial charge in [-0.3, -0.25) is 19.9 Å². The topological polar surface area (TPSA) is 179 Å². The van der Waals surface area contributed by atoms with Gasteiger partial charge in [0.15, 0.2) is 5.52 Å². The van der Waals surface area contributed by atoms with Crippen LogP contribution in [0.3, 0.4) is 0 Å². The van der Waals surface area contributed by atoms with Gasteiger partial charge < -0.3 is 21.7 Å². The van der Waals surface area contributed by atoms with Crippen LogP contribution < -0.4 is 21.7 Å². The molecule has 0 atom stereocenters. The Bertz CT molecular complexity index is 1050. The van der Waals surface area contributed by atoms with E-state index in [9.17, 15) is 14.9 Å². The zero-order valence-electron chi connectivity index (χ0n) is 18.2. The zero-order chi connectivity index (χ0) is 24.9. The number of hydrogen-bond acceptors (Lipinski definition) is 10. The van der Waals surface area contributed by atoms with Gasteiger partial charge in [0.25, 0.3) is 0 Å². The number of nitro benzene ring substituents is 1. The fourth-order valence-electron chi connectivity index (χ4n) is 3.46. The molecular formula is C20H26ClN8O4Pt. The summed E-state index contributed by atoms with van der Waals surface area (Å²) in [6.45, 7) is 2.97. The van der Waals surface area contributed by atoms with Crippen molar-refractivity contribution < 1.29 is 33.1 Å². The third kappa shape index (κ3) is 7.42. The summed E-state index contributed by atoms with van der Waals surface area (Å²) in [7, 11) is 4.61. The molecule has 1 fully saturated rings. The summed E-state index contributed by atoms with van der Waals surface area (Å²) in [6, 6.07) is 6.81. The van der Waals surface area contributed by atoms with E-state index in [0.717, 1.165) is 11.3 Å². The molecule has 0 bridgehead atoms. The van der Waals surface area contributed by atoms with E-state index in [1.165, 1.54) is 6.07 Å². The maximum atomic E-state index is 12.4. The van der Waals surface area contributed by atoms with E-state index in [0.29, 0.717) is 51.1 Å². The molecule has 3 aromatic rings.